The summed E-state index contributed by atoms with van der Waals surface area (Å²) in [6.07, 6.45) is 0. The van der Waals surface area contributed by atoms with Crippen LogP contribution in [-0.4, -0.2) is 19.9 Å². The lowest BCUT2D eigenvalue weighted by molar-refractivity contribution is 1.09. The molecule has 0 fully saturated rings. The second-order valence-electron chi connectivity index (χ2n) is 5.40. The summed E-state index contributed by atoms with van der Waals surface area (Å²) < 4.78 is 0.457. The molecular formula is C16H12N4O2S. The molecule has 3 aromatic heterocycles. The molecule has 0 radical (unpaired) electrons. The van der Waals surface area contributed by atoms with Gasteiger partial charge in [-0.1, -0.05) is 23.8 Å². The van der Waals surface area contributed by atoms with Gasteiger partial charge in [0.15, 0.2) is 5.82 Å². The zero-order valence-corrected chi connectivity index (χ0v) is 13.2. The largest absolute Gasteiger partial charge is 0.326 e. The summed E-state index contributed by atoms with van der Waals surface area (Å²) in [5.74, 6) is 0.615. The van der Waals surface area contributed by atoms with Crippen LogP contribution in [0.25, 0.3) is 31.8 Å². The van der Waals surface area contributed by atoms with E-state index in [1.165, 1.54) is 11.3 Å². The lowest BCUT2D eigenvalue weighted by atomic mass is 10.1. The normalized spacial score (nSPS) is 11.4. The summed E-state index contributed by atoms with van der Waals surface area (Å²) in [7, 11) is 0. The van der Waals surface area contributed by atoms with Crippen LogP contribution in [0, 0.1) is 13.8 Å². The number of hydrogen-bond donors (Lipinski definition) is 2. The van der Waals surface area contributed by atoms with Gasteiger partial charge in [0.2, 0.25) is 0 Å². The Morgan fingerprint density at radius 2 is 1.91 bits per heavy atom. The molecular weight excluding hydrogens is 312 g/mol. The minimum Gasteiger partial charge on any atom is -0.305 e. The molecule has 4 rings (SSSR count). The Kier molecular flexibility index (Phi) is 2.92. The van der Waals surface area contributed by atoms with Gasteiger partial charge in [0.1, 0.15) is 9.53 Å². The molecule has 0 saturated carbocycles. The fourth-order valence-corrected chi connectivity index (χ4v) is 3.74. The quantitative estimate of drug-likeness (QED) is 0.563. The van der Waals surface area contributed by atoms with Crippen molar-refractivity contribution in [2.45, 2.75) is 13.8 Å². The molecule has 114 valence electrons. The van der Waals surface area contributed by atoms with Crippen LogP contribution in [0.5, 0.6) is 0 Å². The topological polar surface area (TPSA) is 91.5 Å². The molecule has 3 heterocycles. The highest BCUT2D eigenvalue weighted by molar-refractivity contribution is 7.25. The number of nitrogens with zero attached hydrogens (tertiary/aromatic N) is 2. The van der Waals surface area contributed by atoms with Gasteiger partial charge in [-0.2, -0.15) is 0 Å². The molecule has 23 heavy (non-hydrogen) atoms. The number of aryl methyl sites for hydroxylation is 2. The highest BCUT2D eigenvalue weighted by Gasteiger charge is 2.15. The zero-order chi connectivity index (χ0) is 16.1. The van der Waals surface area contributed by atoms with E-state index < -0.39 is 11.2 Å². The van der Waals surface area contributed by atoms with E-state index in [2.05, 4.69) is 19.9 Å². The lowest BCUT2D eigenvalue weighted by Crippen LogP contribution is -2.20. The zero-order valence-electron chi connectivity index (χ0n) is 12.4. The van der Waals surface area contributed by atoms with Crippen LogP contribution in [0.4, 0.5) is 0 Å². The minimum absolute atomic E-state index is 0.400. The molecule has 7 heteroatoms. The van der Waals surface area contributed by atoms with Crippen LogP contribution < -0.4 is 11.2 Å². The van der Waals surface area contributed by atoms with Gasteiger partial charge < -0.3 is 4.98 Å². The smallest absolute Gasteiger partial charge is 0.305 e. The van der Waals surface area contributed by atoms with E-state index in [0.29, 0.717) is 20.9 Å². The number of H-pyrrole nitrogens is 2. The van der Waals surface area contributed by atoms with Crippen molar-refractivity contribution in [2.24, 2.45) is 0 Å². The fraction of sp³-hybridized carbons (Fsp3) is 0.125. The maximum Gasteiger partial charge on any atom is 0.326 e. The summed E-state index contributed by atoms with van der Waals surface area (Å²) in [6, 6.07) is 7.94. The second-order valence-corrected chi connectivity index (χ2v) is 6.40. The van der Waals surface area contributed by atoms with Crippen LogP contribution >= 0.6 is 11.3 Å². The van der Waals surface area contributed by atoms with Gasteiger partial charge >= 0.3 is 5.69 Å². The standard InChI is InChI=1S/C16H12N4O2S/c1-7-4-3-5-9(6-7)13-17-8(2)10-11-12(23-15(10)19-13)14(21)20-16(22)18-11/h3-6H,1-2H3,(H2,18,20,21,22). The van der Waals surface area contributed by atoms with Crippen LogP contribution in [-0.2, 0) is 0 Å². The molecule has 1 aromatic carbocycles. The number of hydrogen-bond acceptors (Lipinski definition) is 5. The first-order valence-corrected chi connectivity index (χ1v) is 7.85. The molecule has 0 aliphatic carbocycles. The molecule has 0 spiro atoms. The SMILES string of the molecule is Cc1cccc(-c2nc(C)c3c(n2)sc2c(=O)[nH]c(=O)[nH]c23)c1. The third kappa shape index (κ3) is 2.17. The van der Waals surface area contributed by atoms with E-state index in [0.717, 1.165) is 22.2 Å². The highest BCUT2D eigenvalue weighted by atomic mass is 32.1. The number of benzene rings is 1. The van der Waals surface area contributed by atoms with E-state index >= 15 is 0 Å². The molecule has 0 bridgehead atoms. The first-order chi connectivity index (χ1) is 11.0. The van der Waals surface area contributed by atoms with Crippen molar-refractivity contribution in [1.82, 2.24) is 19.9 Å². The van der Waals surface area contributed by atoms with Gasteiger partial charge in [0.25, 0.3) is 5.56 Å². The third-order valence-electron chi connectivity index (χ3n) is 3.68. The van der Waals surface area contributed by atoms with Crippen molar-refractivity contribution >= 4 is 31.8 Å². The summed E-state index contributed by atoms with van der Waals surface area (Å²) in [5, 5.41) is 0.726. The monoisotopic (exact) mass is 324 g/mol. The molecule has 0 atom stereocenters. The average molecular weight is 324 g/mol. The first-order valence-electron chi connectivity index (χ1n) is 7.03. The molecule has 0 unspecified atom stereocenters. The van der Waals surface area contributed by atoms with Crippen LogP contribution in [0.3, 0.4) is 0 Å². The maximum atomic E-state index is 12.0. The molecule has 2 N–H and O–H groups in total. The van der Waals surface area contributed by atoms with Crippen molar-refractivity contribution in [3.05, 3.63) is 56.4 Å². The third-order valence-corrected chi connectivity index (χ3v) is 4.76. The van der Waals surface area contributed by atoms with Crippen molar-refractivity contribution in [2.75, 3.05) is 0 Å². The highest BCUT2D eigenvalue weighted by Crippen LogP contribution is 2.31. The van der Waals surface area contributed by atoms with Crippen LogP contribution in [0.1, 0.15) is 11.3 Å². The van der Waals surface area contributed by atoms with Crippen molar-refractivity contribution in [3.63, 3.8) is 0 Å². The minimum atomic E-state index is -0.524. The van der Waals surface area contributed by atoms with Crippen LogP contribution in [0.2, 0.25) is 0 Å². The number of aromatic amines is 2. The Hall–Kier alpha value is -2.80. The molecule has 0 aliphatic rings. The average Bonchev–Trinajstić information content (AvgIpc) is 2.86. The van der Waals surface area contributed by atoms with Gasteiger partial charge in [-0.25, -0.2) is 14.8 Å². The van der Waals surface area contributed by atoms with Crippen LogP contribution in [0.15, 0.2) is 33.9 Å². The van der Waals surface area contributed by atoms with Gasteiger partial charge in [-0.05, 0) is 19.9 Å². The van der Waals surface area contributed by atoms with Crippen molar-refractivity contribution < 1.29 is 0 Å². The molecule has 4 aromatic rings. The summed E-state index contributed by atoms with van der Waals surface area (Å²) in [6.45, 7) is 3.87. The van der Waals surface area contributed by atoms with Gasteiger partial charge in [-0.3, -0.25) is 9.78 Å². The number of aromatic nitrogens is 4. The Labute approximate surface area is 133 Å². The molecule has 6 nitrogen and oxygen atoms in total. The predicted octanol–water partition coefficient (Wildman–Crippen LogP) is 2.50. The molecule has 0 saturated heterocycles. The van der Waals surface area contributed by atoms with Gasteiger partial charge in [0.05, 0.1) is 16.6 Å². The Balaban J connectivity index is 2.09. The van der Waals surface area contributed by atoms with Gasteiger partial charge in [0, 0.05) is 5.56 Å². The molecule has 0 aliphatic heterocycles. The molecule has 0 amide bonds. The van der Waals surface area contributed by atoms with E-state index in [9.17, 15) is 9.59 Å². The van der Waals surface area contributed by atoms with Gasteiger partial charge in [-0.15, -0.1) is 11.3 Å². The Bertz CT molecular complexity index is 1190. The number of thiophene rings is 1. The summed E-state index contributed by atoms with van der Waals surface area (Å²) in [4.78, 5) is 38.3. The number of rotatable bonds is 1. The van der Waals surface area contributed by atoms with Crippen molar-refractivity contribution in [1.29, 1.82) is 0 Å². The summed E-state index contributed by atoms with van der Waals surface area (Å²) >= 11 is 1.26. The first kappa shape index (κ1) is 13.8. The predicted molar refractivity (Wildman–Crippen MR) is 91.1 cm³/mol. The fourth-order valence-electron chi connectivity index (χ4n) is 2.67. The lowest BCUT2D eigenvalue weighted by Gasteiger charge is -2.04. The van der Waals surface area contributed by atoms with E-state index in [4.69, 9.17) is 0 Å². The number of nitrogens with one attached hydrogen (secondary N) is 2. The second kappa shape index (κ2) is 4.85. The van der Waals surface area contributed by atoms with E-state index in [1.54, 1.807) is 0 Å². The van der Waals surface area contributed by atoms with E-state index in [1.807, 2.05) is 38.1 Å². The number of fused-ring (bicyclic) bond motifs is 3. The Morgan fingerprint density at radius 1 is 1.09 bits per heavy atom. The maximum absolute atomic E-state index is 12.0. The van der Waals surface area contributed by atoms with Crippen molar-refractivity contribution in [3.8, 4) is 11.4 Å². The van der Waals surface area contributed by atoms with E-state index in [-0.39, 0.29) is 0 Å². The Morgan fingerprint density at radius 3 is 2.70 bits per heavy atom. The summed E-state index contributed by atoms with van der Waals surface area (Å²) in [5.41, 5.74) is 2.37.